The molecular formula is C22H19BrClN3O4S. The normalized spacial score (nSPS) is 10.3. The van der Waals surface area contributed by atoms with Gasteiger partial charge in [0.2, 0.25) is 0 Å². The van der Waals surface area contributed by atoms with Gasteiger partial charge in [0.05, 0.1) is 4.47 Å². The number of halogens is 2. The molecule has 0 unspecified atom stereocenters. The van der Waals surface area contributed by atoms with Gasteiger partial charge in [0, 0.05) is 5.02 Å². The molecule has 0 radical (unpaired) electrons. The maximum atomic E-state index is 12.0. The molecule has 32 heavy (non-hydrogen) atoms. The van der Waals surface area contributed by atoms with E-state index < -0.39 is 11.8 Å². The first kappa shape index (κ1) is 23.8. The maximum Gasteiger partial charge on any atom is 0.276 e. The Hall–Kier alpha value is -2.88. The smallest absolute Gasteiger partial charge is 0.276 e. The minimum absolute atomic E-state index is 0.0772. The lowest BCUT2D eigenvalue weighted by Gasteiger charge is -2.13. The number of ether oxygens (including phenoxy) is 2. The molecule has 3 aromatic carbocycles. The second-order valence-corrected chi connectivity index (χ2v) is 8.27. The molecule has 3 rings (SSSR count). The summed E-state index contributed by atoms with van der Waals surface area (Å²) in [5.41, 5.74) is 5.61. The fraction of sp³-hybridized carbons (Fsp3) is 0.136. The number of carbonyl (C=O) groups is 2. The van der Waals surface area contributed by atoms with Crippen LogP contribution < -0.4 is 25.6 Å². The summed E-state index contributed by atoms with van der Waals surface area (Å²) in [5.74, 6) is 0.107. The van der Waals surface area contributed by atoms with Gasteiger partial charge in [0.25, 0.3) is 11.8 Å². The third-order valence-electron chi connectivity index (χ3n) is 4.25. The second kappa shape index (κ2) is 11.1. The molecule has 10 heteroatoms. The van der Waals surface area contributed by atoms with Gasteiger partial charge in [-0.2, -0.15) is 0 Å². The van der Waals surface area contributed by atoms with Crippen molar-refractivity contribution in [3.05, 3.63) is 69.7 Å². The van der Waals surface area contributed by atoms with Crippen LogP contribution in [0.1, 0.15) is 5.56 Å². The zero-order chi connectivity index (χ0) is 23.1. The second-order valence-electron chi connectivity index (χ2n) is 6.64. The highest BCUT2D eigenvalue weighted by Gasteiger charge is 2.11. The zero-order valence-electron chi connectivity index (χ0n) is 16.9. The van der Waals surface area contributed by atoms with Crippen LogP contribution in [0.5, 0.6) is 11.5 Å². The van der Waals surface area contributed by atoms with E-state index in [0.717, 1.165) is 20.8 Å². The SMILES string of the molecule is Cc1cc(Cl)ccc1OCC(=O)NC(=S)NNC(=O)COc1ccc2ccccc2c1Br. The number of aryl methyl sites for hydroxylation is 1. The number of rotatable bonds is 6. The number of nitrogens with one attached hydrogen (secondary N) is 3. The number of benzene rings is 3. The van der Waals surface area contributed by atoms with Crippen LogP contribution in [0.2, 0.25) is 5.02 Å². The van der Waals surface area contributed by atoms with Crippen molar-refractivity contribution < 1.29 is 19.1 Å². The lowest BCUT2D eigenvalue weighted by atomic mass is 10.1. The van der Waals surface area contributed by atoms with Crippen LogP contribution in [-0.4, -0.2) is 30.1 Å². The van der Waals surface area contributed by atoms with Gasteiger partial charge in [-0.1, -0.05) is 41.9 Å². The highest BCUT2D eigenvalue weighted by atomic mass is 79.9. The summed E-state index contributed by atoms with van der Waals surface area (Å²) in [6.07, 6.45) is 0. The molecule has 0 aromatic heterocycles. The Balaban J connectivity index is 1.40. The third kappa shape index (κ3) is 6.56. The van der Waals surface area contributed by atoms with Gasteiger partial charge in [0.1, 0.15) is 11.5 Å². The lowest BCUT2D eigenvalue weighted by molar-refractivity contribution is -0.124. The minimum atomic E-state index is -0.484. The highest BCUT2D eigenvalue weighted by Crippen LogP contribution is 2.32. The summed E-state index contributed by atoms with van der Waals surface area (Å²) in [6, 6.07) is 16.6. The van der Waals surface area contributed by atoms with Gasteiger partial charge in [0.15, 0.2) is 18.3 Å². The van der Waals surface area contributed by atoms with Crippen molar-refractivity contribution in [3.63, 3.8) is 0 Å². The van der Waals surface area contributed by atoms with Crippen LogP contribution in [0.25, 0.3) is 10.8 Å². The highest BCUT2D eigenvalue weighted by molar-refractivity contribution is 9.10. The van der Waals surface area contributed by atoms with Crippen LogP contribution in [0, 0.1) is 6.92 Å². The molecule has 0 atom stereocenters. The fourth-order valence-corrected chi connectivity index (χ4v) is 3.74. The van der Waals surface area contributed by atoms with Crippen LogP contribution >= 0.6 is 39.7 Å². The molecule has 7 nitrogen and oxygen atoms in total. The molecule has 0 saturated heterocycles. The molecule has 3 N–H and O–H groups in total. The van der Waals surface area contributed by atoms with Crippen LogP contribution in [0.4, 0.5) is 0 Å². The first-order valence-corrected chi connectivity index (χ1v) is 11.0. The van der Waals surface area contributed by atoms with Crippen LogP contribution in [0.15, 0.2) is 59.1 Å². The Morgan fingerprint density at radius 3 is 2.44 bits per heavy atom. The van der Waals surface area contributed by atoms with E-state index in [2.05, 4.69) is 32.1 Å². The van der Waals surface area contributed by atoms with E-state index in [4.69, 9.17) is 33.3 Å². The van der Waals surface area contributed by atoms with Crippen molar-refractivity contribution in [2.24, 2.45) is 0 Å². The average Bonchev–Trinajstić information content (AvgIpc) is 2.77. The van der Waals surface area contributed by atoms with E-state index in [-0.39, 0.29) is 18.3 Å². The molecule has 0 bridgehead atoms. The molecule has 166 valence electrons. The minimum Gasteiger partial charge on any atom is -0.483 e. The summed E-state index contributed by atoms with van der Waals surface area (Å²) in [5, 5.41) is 4.94. The van der Waals surface area contributed by atoms with Crippen LogP contribution in [0.3, 0.4) is 0 Å². The van der Waals surface area contributed by atoms with E-state index in [1.165, 1.54) is 0 Å². The van der Waals surface area contributed by atoms with Crippen molar-refractivity contribution >= 4 is 67.4 Å². The zero-order valence-corrected chi connectivity index (χ0v) is 20.1. The summed E-state index contributed by atoms with van der Waals surface area (Å²) in [7, 11) is 0. The fourth-order valence-electron chi connectivity index (χ4n) is 2.74. The van der Waals surface area contributed by atoms with Crippen molar-refractivity contribution in [2.75, 3.05) is 13.2 Å². The number of thiocarbonyl (C=S) groups is 1. The van der Waals surface area contributed by atoms with Gasteiger partial charge in [-0.25, -0.2) is 0 Å². The van der Waals surface area contributed by atoms with Crippen molar-refractivity contribution in [2.45, 2.75) is 6.92 Å². The van der Waals surface area contributed by atoms with Crippen molar-refractivity contribution in [1.29, 1.82) is 0 Å². The Morgan fingerprint density at radius 2 is 1.66 bits per heavy atom. The lowest BCUT2D eigenvalue weighted by Crippen LogP contribution is -2.50. The van der Waals surface area contributed by atoms with Crippen molar-refractivity contribution in [3.8, 4) is 11.5 Å². The number of carbonyl (C=O) groups excluding carboxylic acids is 2. The molecule has 0 aliphatic heterocycles. The number of hydrogen-bond acceptors (Lipinski definition) is 5. The predicted octanol–water partition coefficient (Wildman–Crippen LogP) is 4.04. The average molecular weight is 537 g/mol. The summed E-state index contributed by atoms with van der Waals surface area (Å²) in [4.78, 5) is 24.0. The van der Waals surface area contributed by atoms with Crippen molar-refractivity contribution in [1.82, 2.24) is 16.2 Å². The van der Waals surface area contributed by atoms with Crippen LogP contribution in [-0.2, 0) is 9.59 Å². The van der Waals surface area contributed by atoms with E-state index in [0.29, 0.717) is 16.5 Å². The van der Waals surface area contributed by atoms with Gasteiger partial charge in [-0.05, 0) is 75.7 Å². The number of hydrazine groups is 1. The van der Waals surface area contributed by atoms with Gasteiger partial charge >= 0.3 is 0 Å². The molecule has 0 spiro atoms. The Bertz CT molecular complexity index is 1180. The summed E-state index contributed by atoms with van der Waals surface area (Å²) >= 11 is 14.4. The predicted molar refractivity (Wildman–Crippen MR) is 131 cm³/mol. The summed E-state index contributed by atoms with van der Waals surface area (Å²) in [6.45, 7) is 1.32. The third-order valence-corrected chi connectivity index (χ3v) is 5.51. The summed E-state index contributed by atoms with van der Waals surface area (Å²) < 4.78 is 11.8. The Kier molecular flexibility index (Phi) is 8.26. The van der Waals surface area contributed by atoms with E-state index >= 15 is 0 Å². The van der Waals surface area contributed by atoms with E-state index in [9.17, 15) is 9.59 Å². The monoisotopic (exact) mass is 535 g/mol. The quantitative estimate of drug-likeness (QED) is 0.326. The maximum absolute atomic E-state index is 12.0. The molecular weight excluding hydrogens is 518 g/mol. The van der Waals surface area contributed by atoms with E-state index in [1.807, 2.05) is 37.3 Å². The topological polar surface area (TPSA) is 88.7 Å². The molecule has 3 aromatic rings. The largest absolute Gasteiger partial charge is 0.483 e. The number of hydrogen-bond donors (Lipinski definition) is 3. The number of amides is 2. The molecule has 0 fully saturated rings. The van der Waals surface area contributed by atoms with Gasteiger partial charge in [-0.3, -0.25) is 25.8 Å². The molecule has 2 amide bonds. The van der Waals surface area contributed by atoms with E-state index in [1.54, 1.807) is 24.3 Å². The molecule has 0 aliphatic carbocycles. The van der Waals surface area contributed by atoms with Gasteiger partial charge in [-0.15, -0.1) is 0 Å². The molecule has 0 aliphatic rings. The first-order valence-electron chi connectivity index (χ1n) is 9.41. The molecule has 0 heterocycles. The Labute approximate surface area is 203 Å². The molecule has 0 saturated carbocycles. The number of fused-ring (bicyclic) bond motifs is 1. The standard InChI is InChI=1S/C22H19BrClN3O4S/c1-13-10-15(24)7-9-17(13)30-11-19(28)25-22(32)27-26-20(29)12-31-18-8-6-14-4-2-3-5-16(14)21(18)23/h2-10H,11-12H2,1H3,(H,26,29)(H2,25,27,28,32). The van der Waals surface area contributed by atoms with Gasteiger partial charge < -0.3 is 9.47 Å². The first-order chi connectivity index (χ1) is 15.3. The Morgan fingerprint density at radius 1 is 0.969 bits per heavy atom.